The van der Waals surface area contributed by atoms with Crippen molar-refractivity contribution in [1.29, 1.82) is 0 Å². The van der Waals surface area contributed by atoms with Gasteiger partial charge in [-0.05, 0) is 43.0 Å². The average molecular weight is 345 g/mol. The van der Waals surface area contributed by atoms with Crippen LogP contribution in [0.2, 0.25) is 0 Å². The predicted molar refractivity (Wildman–Crippen MR) is 85.9 cm³/mol. The first-order chi connectivity index (χ1) is 10.3. The predicted octanol–water partition coefficient (Wildman–Crippen LogP) is 2.34. The van der Waals surface area contributed by atoms with E-state index in [-0.39, 0.29) is 9.79 Å². The summed E-state index contributed by atoms with van der Waals surface area (Å²) < 4.78 is 49.6. The molecule has 1 N–H and O–H groups in total. The topological polar surface area (TPSA) is 80.3 Å². The van der Waals surface area contributed by atoms with Gasteiger partial charge in [-0.3, -0.25) is 0 Å². The second-order valence-electron chi connectivity index (χ2n) is 5.93. The third kappa shape index (κ3) is 4.79. The normalized spacial score (nSPS) is 17.0. The molecule has 0 heterocycles. The van der Waals surface area contributed by atoms with Gasteiger partial charge in [0.1, 0.15) is 0 Å². The van der Waals surface area contributed by atoms with Gasteiger partial charge in [0.15, 0.2) is 9.84 Å². The van der Waals surface area contributed by atoms with E-state index < -0.39 is 19.9 Å². The quantitative estimate of drug-likeness (QED) is 0.769. The van der Waals surface area contributed by atoms with Crippen molar-refractivity contribution in [1.82, 2.24) is 4.72 Å². The summed E-state index contributed by atoms with van der Waals surface area (Å²) in [6.45, 7) is 0.423. The molecule has 2 rings (SSSR count). The molecule has 0 unspecified atom stereocenters. The van der Waals surface area contributed by atoms with Gasteiger partial charge in [-0.15, -0.1) is 0 Å². The molecule has 0 bridgehead atoms. The van der Waals surface area contributed by atoms with Gasteiger partial charge in [0.2, 0.25) is 10.0 Å². The van der Waals surface area contributed by atoms with Gasteiger partial charge >= 0.3 is 0 Å². The van der Waals surface area contributed by atoms with Crippen LogP contribution >= 0.6 is 0 Å². The molecule has 5 nitrogen and oxygen atoms in total. The molecule has 0 saturated heterocycles. The highest BCUT2D eigenvalue weighted by molar-refractivity contribution is 7.90. The summed E-state index contributed by atoms with van der Waals surface area (Å²) in [7, 11) is -6.87. The summed E-state index contributed by atoms with van der Waals surface area (Å²) >= 11 is 0. The fourth-order valence-corrected chi connectivity index (χ4v) is 4.55. The summed E-state index contributed by atoms with van der Waals surface area (Å²) in [5, 5.41) is 0. The van der Waals surface area contributed by atoms with Crippen molar-refractivity contribution in [3.05, 3.63) is 24.3 Å². The smallest absolute Gasteiger partial charge is 0.224 e. The van der Waals surface area contributed by atoms with Crippen LogP contribution in [0.25, 0.3) is 0 Å². The standard InChI is InChI=1S/C15H23NO4S2/c1-21(17,18)14-8-10-15(11-9-14)22(19,20)16-12-4-7-13-5-2-3-6-13/h8-11,13,16H,2-7,12H2,1H3. The molecule has 1 aromatic carbocycles. The lowest BCUT2D eigenvalue weighted by Gasteiger charge is -2.10. The van der Waals surface area contributed by atoms with Crippen LogP contribution in [0, 0.1) is 5.92 Å². The van der Waals surface area contributed by atoms with Gasteiger partial charge < -0.3 is 0 Å². The van der Waals surface area contributed by atoms with Crippen LogP contribution in [0.5, 0.6) is 0 Å². The Morgan fingerprint density at radius 1 is 1.00 bits per heavy atom. The summed E-state index contributed by atoms with van der Waals surface area (Å²) in [4.78, 5) is 0.216. The Hall–Kier alpha value is -0.920. The van der Waals surface area contributed by atoms with Crippen molar-refractivity contribution in [2.45, 2.75) is 48.3 Å². The van der Waals surface area contributed by atoms with Crippen molar-refractivity contribution in [2.24, 2.45) is 5.92 Å². The number of nitrogens with one attached hydrogen (secondary N) is 1. The molecule has 0 amide bonds. The Kier molecular flexibility index (Phi) is 5.63. The molecule has 7 heteroatoms. The zero-order valence-corrected chi connectivity index (χ0v) is 14.4. The number of sulfone groups is 1. The minimum absolute atomic E-state index is 0.0979. The van der Waals surface area contributed by atoms with Gasteiger partial charge in [0, 0.05) is 12.8 Å². The zero-order chi connectivity index (χ0) is 16.2. The number of benzene rings is 1. The molecule has 0 aliphatic heterocycles. The van der Waals surface area contributed by atoms with Crippen LogP contribution in [0.3, 0.4) is 0 Å². The molecule has 0 radical (unpaired) electrons. The molecular weight excluding hydrogens is 322 g/mol. The third-order valence-corrected chi connectivity index (χ3v) is 6.72. The van der Waals surface area contributed by atoms with E-state index in [0.717, 1.165) is 25.0 Å². The van der Waals surface area contributed by atoms with Crippen molar-refractivity contribution < 1.29 is 16.8 Å². The van der Waals surface area contributed by atoms with Crippen LogP contribution in [0.4, 0.5) is 0 Å². The Morgan fingerprint density at radius 2 is 1.55 bits per heavy atom. The fourth-order valence-electron chi connectivity index (χ4n) is 2.85. The maximum absolute atomic E-state index is 12.1. The van der Waals surface area contributed by atoms with E-state index in [2.05, 4.69) is 4.72 Å². The van der Waals surface area contributed by atoms with Crippen LogP contribution in [-0.2, 0) is 19.9 Å². The Morgan fingerprint density at radius 3 is 2.09 bits per heavy atom. The van der Waals surface area contributed by atoms with Gasteiger partial charge in [-0.1, -0.05) is 25.7 Å². The SMILES string of the molecule is CS(=O)(=O)c1ccc(S(=O)(=O)NCCCC2CCCC2)cc1. The van der Waals surface area contributed by atoms with Crippen molar-refractivity contribution >= 4 is 19.9 Å². The maximum Gasteiger partial charge on any atom is 0.240 e. The second kappa shape index (κ2) is 7.10. The number of rotatable bonds is 7. The van der Waals surface area contributed by atoms with Gasteiger partial charge in [0.05, 0.1) is 9.79 Å². The van der Waals surface area contributed by atoms with Crippen molar-refractivity contribution in [3.63, 3.8) is 0 Å². The summed E-state index contributed by atoms with van der Waals surface area (Å²) in [6.07, 6.45) is 8.12. The second-order valence-corrected chi connectivity index (χ2v) is 9.72. The highest BCUT2D eigenvalue weighted by atomic mass is 32.2. The molecule has 124 valence electrons. The Bertz CT molecular complexity index is 688. The minimum atomic E-state index is -3.56. The van der Waals surface area contributed by atoms with E-state index in [1.807, 2.05) is 0 Å². The Labute approximate surface area is 133 Å². The molecular formula is C15H23NO4S2. The lowest BCUT2D eigenvalue weighted by Crippen LogP contribution is -2.25. The molecule has 0 atom stereocenters. The van der Waals surface area contributed by atoms with Gasteiger partial charge in [-0.25, -0.2) is 21.6 Å². The van der Waals surface area contributed by atoms with Gasteiger partial charge in [0.25, 0.3) is 0 Å². The van der Waals surface area contributed by atoms with Crippen LogP contribution in [0.15, 0.2) is 34.1 Å². The lowest BCUT2D eigenvalue weighted by molar-refractivity contribution is 0.480. The van der Waals surface area contributed by atoms with Gasteiger partial charge in [-0.2, -0.15) is 0 Å². The monoisotopic (exact) mass is 345 g/mol. The fraction of sp³-hybridized carbons (Fsp3) is 0.600. The molecule has 0 aromatic heterocycles. The van der Waals surface area contributed by atoms with E-state index in [1.54, 1.807) is 0 Å². The van der Waals surface area contributed by atoms with Crippen molar-refractivity contribution in [3.8, 4) is 0 Å². The van der Waals surface area contributed by atoms with E-state index in [9.17, 15) is 16.8 Å². The first kappa shape index (κ1) is 17.4. The van der Waals surface area contributed by atoms with Crippen LogP contribution in [0.1, 0.15) is 38.5 Å². The average Bonchev–Trinajstić information content (AvgIpc) is 2.96. The molecule has 1 saturated carbocycles. The number of sulfonamides is 1. The highest BCUT2D eigenvalue weighted by Crippen LogP contribution is 2.28. The van der Waals surface area contributed by atoms with E-state index in [4.69, 9.17) is 0 Å². The molecule has 1 aliphatic carbocycles. The largest absolute Gasteiger partial charge is 0.240 e. The first-order valence-corrected chi connectivity index (χ1v) is 11.0. The first-order valence-electron chi connectivity index (χ1n) is 7.59. The molecule has 1 fully saturated rings. The maximum atomic E-state index is 12.1. The molecule has 1 aliphatic rings. The van der Waals surface area contributed by atoms with Crippen LogP contribution < -0.4 is 4.72 Å². The minimum Gasteiger partial charge on any atom is -0.224 e. The van der Waals surface area contributed by atoms with E-state index in [1.165, 1.54) is 49.9 Å². The molecule has 1 aromatic rings. The molecule has 0 spiro atoms. The summed E-state index contributed by atoms with van der Waals surface area (Å²) in [5.74, 6) is 0.749. The number of hydrogen-bond acceptors (Lipinski definition) is 4. The summed E-state index contributed by atoms with van der Waals surface area (Å²) in [5.41, 5.74) is 0. The zero-order valence-electron chi connectivity index (χ0n) is 12.8. The summed E-state index contributed by atoms with van der Waals surface area (Å²) in [6, 6.07) is 5.30. The van der Waals surface area contributed by atoms with Crippen molar-refractivity contribution in [2.75, 3.05) is 12.8 Å². The van der Waals surface area contributed by atoms with Crippen LogP contribution in [-0.4, -0.2) is 29.6 Å². The number of hydrogen-bond donors (Lipinski definition) is 1. The third-order valence-electron chi connectivity index (χ3n) is 4.12. The van der Waals surface area contributed by atoms with E-state index >= 15 is 0 Å². The molecule has 22 heavy (non-hydrogen) atoms. The highest BCUT2D eigenvalue weighted by Gasteiger charge is 2.17. The van der Waals surface area contributed by atoms with E-state index in [0.29, 0.717) is 6.54 Å². The lowest BCUT2D eigenvalue weighted by atomic mass is 10.0. The Balaban J connectivity index is 1.89.